The molecule has 0 radical (unpaired) electrons. The molecule has 106 valence electrons. The summed E-state index contributed by atoms with van der Waals surface area (Å²) in [4.78, 5) is 10.1. The van der Waals surface area contributed by atoms with Crippen molar-refractivity contribution in [2.75, 3.05) is 13.2 Å². The highest BCUT2D eigenvalue weighted by Crippen LogP contribution is 2.28. The maximum Gasteiger partial charge on any atom is 0.522 e. The standard InChI is InChI=1S/C10H11F3N2O4/c11-10(12,13)19-4-3-18-9-2-1-7(6-14)5-8(9)15(16)17/h1-2,5H,3-4,6,14H2. The lowest BCUT2D eigenvalue weighted by molar-refractivity contribution is -0.386. The van der Waals surface area contributed by atoms with Crippen LogP contribution in [-0.2, 0) is 11.3 Å². The molecule has 0 aliphatic heterocycles. The molecule has 0 saturated heterocycles. The van der Waals surface area contributed by atoms with Crippen LogP contribution >= 0.6 is 0 Å². The van der Waals surface area contributed by atoms with Crippen molar-refractivity contribution in [3.05, 3.63) is 33.9 Å². The van der Waals surface area contributed by atoms with Gasteiger partial charge in [-0.3, -0.25) is 14.9 Å². The van der Waals surface area contributed by atoms with Crippen molar-refractivity contribution in [3.8, 4) is 5.75 Å². The highest BCUT2D eigenvalue weighted by Gasteiger charge is 2.28. The first-order chi connectivity index (χ1) is 8.83. The third-order valence-electron chi connectivity index (χ3n) is 2.06. The molecule has 1 rings (SSSR count). The minimum Gasteiger partial charge on any atom is -0.484 e. The van der Waals surface area contributed by atoms with Gasteiger partial charge in [0, 0.05) is 12.6 Å². The fraction of sp³-hybridized carbons (Fsp3) is 0.400. The molecule has 0 spiro atoms. The molecule has 0 aliphatic rings. The molecule has 6 nitrogen and oxygen atoms in total. The number of ether oxygens (including phenoxy) is 2. The molecule has 19 heavy (non-hydrogen) atoms. The molecule has 0 heterocycles. The minimum absolute atomic E-state index is 0.109. The van der Waals surface area contributed by atoms with Crippen LogP contribution in [0.25, 0.3) is 0 Å². The van der Waals surface area contributed by atoms with E-state index in [1.807, 2.05) is 0 Å². The highest BCUT2D eigenvalue weighted by atomic mass is 19.4. The van der Waals surface area contributed by atoms with Crippen LogP contribution in [0.15, 0.2) is 18.2 Å². The van der Waals surface area contributed by atoms with Gasteiger partial charge in [0.15, 0.2) is 5.75 Å². The maximum absolute atomic E-state index is 11.7. The van der Waals surface area contributed by atoms with Crippen molar-refractivity contribution in [3.63, 3.8) is 0 Å². The second-order valence-electron chi connectivity index (χ2n) is 3.41. The molecule has 0 amide bonds. The minimum atomic E-state index is -4.75. The van der Waals surface area contributed by atoms with E-state index in [0.29, 0.717) is 5.56 Å². The lowest BCUT2D eigenvalue weighted by atomic mass is 10.2. The Kier molecular flexibility index (Phi) is 5.07. The largest absolute Gasteiger partial charge is 0.522 e. The summed E-state index contributed by atoms with van der Waals surface area (Å²) in [7, 11) is 0. The Morgan fingerprint density at radius 2 is 2.00 bits per heavy atom. The Morgan fingerprint density at radius 1 is 1.32 bits per heavy atom. The molecule has 1 aromatic rings. The highest BCUT2D eigenvalue weighted by molar-refractivity contribution is 5.48. The molecule has 0 atom stereocenters. The van der Waals surface area contributed by atoms with Crippen LogP contribution < -0.4 is 10.5 Å². The molecule has 0 aliphatic carbocycles. The Bertz CT molecular complexity index is 451. The summed E-state index contributed by atoms with van der Waals surface area (Å²) in [5.41, 5.74) is 5.50. The number of rotatable bonds is 6. The monoisotopic (exact) mass is 280 g/mol. The molecule has 1 aromatic carbocycles. The molecule has 9 heteroatoms. The zero-order chi connectivity index (χ0) is 14.5. The summed E-state index contributed by atoms with van der Waals surface area (Å²) in [5, 5.41) is 10.8. The number of hydrogen-bond donors (Lipinski definition) is 1. The van der Waals surface area contributed by atoms with E-state index in [1.165, 1.54) is 18.2 Å². The molecule has 0 unspecified atom stereocenters. The van der Waals surface area contributed by atoms with Gasteiger partial charge in [-0.2, -0.15) is 0 Å². The van der Waals surface area contributed by atoms with Gasteiger partial charge in [0.25, 0.3) is 0 Å². The summed E-state index contributed by atoms with van der Waals surface area (Å²) >= 11 is 0. The van der Waals surface area contributed by atoms with Crippen molar-refractivity contribution in [1.82, 2.24) is 0 Å². The van der Waals surface area contributed by atoms with Crippen LogP contribution in [0.5, 0.6) is 5.75 Å². The van der Waals surface area contributed by atoms with Gasteiger partial charge in [0.2, 0.25) is 0 Å². The number of benzene rings is 1. The number of nitrogens with zero attached hydrogens (tertiary/aromatic N) is 1. The van der Waals surface area contributed by atoms with Gasteiger partial charge in [-0.15, -0.1) is 13.2 Å². The Labute approximate surface area is 106 Å². The number of halogens is 3. The quantitative estimate of drug-likeness (QED) is 0.489. The van der Waals surface area contributed by atoms with Crippen LogP contribution in [0.3, 0.4) is 0 Å². The summed E-state index contributed by atoms with van der Waals surface area (Å²) < 4.78 is 43.4. The van der Waals surface area contributed by atoms with Crippen molar-refractivity contribution >= 4 is 5.69 Å². The number of nitrogens with two attached hydrogens (primary N) is 1. The molecule has 0 fully saturated rings. The summed E-state index contributed by atoms with van der Waals surface area (Å²) in [6.45, 7) is -1.10. The van der Waals surface area contributed by atoms with E-state index in [1.54, 1.807) is 0 Å². The van der Waals surface area contributed by atoms with E-state index in [9.17, 15) is 23.3 Å². The van der Waals surface area contributed by atoms with E-state index in [4.69, 9.17) is 10.5 Å². The smallest absolute Gasteiger partial charge is 0.484 e. The van der Waals surface area contributed by atoms with E-state index in [2.05, 4.69) is 4.74 Å². The van der Waals surface area contributed by atoms with Crippen molar-refractivity contribution < 1.29 is 27.6 Å². The normalized spacial score (nSPS) is 11.4. The van der Waals surface area contributed by atoms with Crippen molar-refractivity contribution in [2.45, 2.75) is 12.9 Å². The molecule has 2 N–H and O–H groups in total. The van der Waals surface area contributed by atoms with E-state index < -0.39 is 24.5 Å². The second-order valence-corrected chi connectivity index (χ2v) is 3.41. The first kappa shape index (κ1) is 15.2. The zero-order valence-electron chi connectivity index (χ0n) is 9.64. The van der Waals surface area contributed by atoms with Gasteiger partial charge in [-0.1, -0.05) is 6.07 Å². The lowest BCUT2D eigenvalue weighted by Crippen LogP contribution is -2.18. The van der Waals surface area contributed by atoms with Crippen LogP contribution in [0.1, 0.15) is 5.56 Å². The molecule has 0 aromatic heterocycles. The first-order valence-electron chi connectivity index (χ1n) is 5.14. The van der Waals surface area contributed by atoms with Gasteiger partial charge >= 0.3 is 12.0 Å². The molecular weight excluding hydrogens is 269 g/mol. The summed E-state index contributed by atoms with van der Waals surface area (Å²) in [5.74, 6) is -0.132. The fourth-order valence-corrected chi connectivity index (χ4v) is 1.26. The number of hydrogen-bond acceptors (Lipinski definition) is 5. The van der Waals surface area contributed by atoms with E-state index in [-0.39, 0.29) is 18.0 Å². The number of alkyl halides is 3. The third-order valence-corrected chi connectivity index (χ3v) is 2.06. The topological polar surface area (TPSA) is 87.6 Å². The average molecular weight is 280 g/mol. The lowest BCUT2D eigenvalue weighted by Gasteiger charge is -2.09. The summed E-state index contributed by atoms with van der Waals surface area (Å²) in [6, 6.07) is 3.99. The van der Waals surface area contributed by atoms with Gasteiger partial charge < -0.3 is 10.5 Å². The van der Waals surface area contributed by atoms with E-state index in [0.717, 1.165) is 0 Å². The zero-order valence-corrected chi connectivity index (χ0v) is 9.64. The van der Waals surface area contributed by atoms with Crippen LogP contribution in [-0.4, -0.2) is 24.5 Å². The van der Waals surface area contributed by atoms with Crippen molar-refractivity contribution in [2.24, 2.45) is 5.73 Å². The van der Waals surface area contributed by atoms with Gasteiger partial charge in [-0.05, 0) is 11.6 Å². The Morgan fingerprint density at radius 3 is 2.53 bits per heavy atom. The second kappa shape index (κ2) is 6.34. The maximum atomic E-state index is 11.7. The van der Waals surface area contributed by atoms with Crippen LogP contribution in [0, 0.1) is 10.1 Å². The van der Waals surface area contributed by atoms with Gasteiger partial charge in [0.05, 0.1) is 11.5 Å². The average Bonchev–Trinajstić information content (AvgIpc) is 2.33. The fourth-order valence-electron chi connectivity index (χ4n) is 1.26. The Hall–Kier alpha value is -1.87. The molecule has 0 bridgehead atoms. The van der Waals surface area contributed by atoms with Crippen LogP contribution in [0.4, 0.5) is 18.9 Å². The first-order valence-corrected chi connectivity index (χ1v) is 5.14. The molecule has 0 saturated carbocycles. The Balaban J connectivity index is 2.65. The predicted molar refractivity (Wildman–Crippen MR) is 58.5 cm³/mol. The number of nitro benzene ring substituents is 1. The SMILES string of the molecule is NCc1ccc(OCCOC(F)(F)F)c([N+](=O)[O-])c1. The van der Waals surface area contributed by atoms with Gasteiger partial charge in [0.1, 0.15) is 6.61 Å². The number of nitro groups is 1. The van der Waals surface area contributed by atoms with E-state index >= 15 is 0 Å². The third kappa shape index (κ3) is 5.10. The molecular formula is C10H11F3N2O4. The summed E-state index contributed by atoms with van der Waals surface area (Å²) in [6.07, 6.45) is -4.75. The van der Waals surface area contributed by atoms with Crippen molar-refractivity contribution in [1.29, 1.82) is 0 Å². The predicted octanol–water partition coefficient (Wildman–Crippen LogP) is 1.97. The van der Waals surface area contributed by atoms with Gasteiger partial charge in [-0.25, -0.2) is 0 Å². The van der Waals surface area contributed by atoms with Crippen LogP contribution in [0.2, 0.25) is 0 Å².